The number of hydrogen-bond donors (Lipinski definition) is 1. The zero-order valence-electron chi connectivity index (χ0n) is 14.7. The molecule has 1 aliphatic rings. The molecule has 5 heteroatoms. The third kappa shape index (κ3) is 3.32. The van der Waals surface area contributed by atoms with Crippen LogP contribution in [-0.4, -0.2) is 27.3 Å². The molecular formula is C21H22N2O2S. The summed E-state index contributed by atoms with van der Waals surface area (Å²) in [6.45, 7) is 8.80. The third-order valence-corrected chi connectivity index (χ3v) is 5.90. The second kappa shape index (κ2) is 7.09. The van der Waals surface area contributed by atoms with Gasteiger partial charge in [-0.25, -0.2) is 0 Å². The molecule has 1 saturated heterocycles. The minimum atomic E-state index is 0.165. The molecule has 0 bridgehead atoms. The molecule has 1 unspecified atom stereocenters. The number of carbonyl (C=O) groups excluding carboxylic acids is 1. The maximum Gasteiger partial charge on any atom is 0.163 e. The smallest absolute Gasteiger partial charge is 0.163 e. The lowest BCUT2D eigenvalue weighted by atomic mass is 10.0. The second-order valence-electron chi connectivity index (χ2n) is 6.69. The largest absolute Gasteiger partial charge is 0.378 e. The standard InChI is InChI=1S/C21H22N2O2S/c1-3-15-11-19-14(2)22-18-12-16(6-9-21(18)26-23(19)13-15)20(24)8-7-17-5-4-10-25-17/h3,6,9,11-13,17,22H,1-2,4-5,7-8,10H2. The second-order valence-corrected chi connectivity index (χ2v) is 7.71. The fourth-order valence-electron chi connectivity index (χ4n) is 3.39. The minimum Gasteiger partial charge on any atom is -0.378 e. The number of ketones is 1. The Balaban J connectivity index is 1.68. The van der Waals surface area contributed by atoms with Crippen molar-refractivity contribution in [1.29, 1.82) is 0 Å². The molecule has 4 nitrogen and oxygen atoms in total. The van der Waals surface area contributed by atoms with E-state index in [1.165, 1.54) is 0 Å². The topological polar surface area (TPSA) is 46.5 Å². The number of aromatic nitrogens is 2. The zero-order chi connectivity index (χ0) is 18.1. The van der Waals surface area contributed by atoms with Gasteiger partial charge in [0.05, 0.1) is 27.2 Å². The van der Waals surface area contributed by atoms with Gasteiger partial charge in [0.15, 0.2) is 5.78 Å². The van der Waals surface area contributed by atoms with Crippen molar-refractivity contribution in [2.45, 2.75) is 31.8 Å². The highest BCUT2D eigenvalue weighted by Gasteiger charge is 2.17. The molecule has 3 heterocycles. The first kappa shape index (κ1) is 17.1. The van der Waals surface area contributed by atoms with Gasteiger partial charge in [-0.3, -0.25) is 8.58 Å². The number of fused-ring (bicyclic) bond motifs is 2. The molecule has 1 aliphatic heterocycles. The van der Waals surface area contributed by atoms with E-state index in [1.54, 1.807) is 11.5 Å². The van der Waals surface area contributed by atoms with E-state index in [-0.39, 0.29) is 11.9 Å². The summed E-state index contributed by atoms with van der Waals surface area (Å²) in [6.07, 6.45) is 7.62. The molecule has 1 fully saturated rings. The fourth-order valence-corrected chi connectivity index (χ4v) is 4.38. The average Bonchev–Trinajstić information content (AvgIpc) is 3.28. The lowest BCUT2D eigenvalue weighted by molar-refractivity contribution is 0.0859. The average molecular weight is 366 g/mol. The van der Waals surface area contributed by atoms with Gasteiger partial charge in [0, 0.05) is 24.8 Å². The van der Waals surface area contributed by atoms with Crippen molar-refractivity contribution in [1.82, 2.24) is 8.77 Å². The zero-order valence-corrected chi connectivity index (χ0v) is 15.5. The molecule has 2 aromatic heterocycles. The normalized spacial score (nSPS) is 17.0. The lowest BCUT2D eigenvalue weighted by Crippen LogP contribution is -2.09. The maximum atomic E-state index is 12.6. The first-order valence-electron chi connectivity index (χ1n) is 8.92. The first-order chi connectivity index (χ1) is 12.6. The van der Waals surface area contributed by atoms with Gasteiger partial charge in [-0.1, -0.05) is 30.8 Å². The summed E-state index contributed by atoms with van der Waals surface area (Å²) >= 11 is 1.61. The quantitative estimate of drug-likeness (QED) is 0.675. The Bertz CT molecular complexity index is 1060. The van der Waals surface area contributed by atoms with Crippen LogP contribution < -0.4 is 5.35 Å². The third-order valence-electron chi connectivity index (χ3n) is 4.85. The number of nitrogens with zero attached hydrogens (tertiary/aromatic N) is 1. The molecule has 1 aromatic carbocycles. The van der Waals surface area contributed by atoms with Crippen LogP contribution in [0, 0.1) is 0 Å². The predicted octanol–water partition coefficient (Wildman–Crippen LogP) is 4.52. The summed E-state index contributed by atoms with van der Waals surface area (Å²) in [5.74, 6) is 0.165. The molecular weight excluding hydrogens is 344 g/mol. The number of H-pyrrole nitrogens is 1. The van der Waals surface area contributed by atoms with E-state index in [0.29, 0.717) is 6.42 Å². The van der Waals surface area contributed by atoms with Gasteiger partial charge in [0.25, 0.3) is 0 Å². The van der Waals surface area contributed by atoms with E-state index in [1.807, 2.05) is 30.5 Å². The fraction of sp³-hybridized carbons (Fsp3) is 0.286. The SMILES string of the molecule is C=Cc1cc2c(=C)[nH]c3cc(C(=O)CCC4CCCO4)ccc3sn2c1. The summed E-state index contributed by atoms with van der Waals surface area (Å²) in [7, 11) is 0. The highest BCUT2D eigenvalue weighted by molar-refractivity contribution is 7.13. The van der Waals surface area contributed by atoms with E-state index in [0.717, 1.165) is 58.1 Å². The Labute approximate surface area is 156 Å². The van der Waals surface area contributed by atoms with E-state index in [4.69, 9.17) is 4.74 Å². The summed E-state index contributed by atoms with van der Waals surface area (Å²) in [6, 6.07) is 7.90. The Kier molecular flexibility index (Phi) is 4.66. The van der Waals surface area contributed by atoms with Crippen molar-refractivity contribution in [3.63, 3.8) is 0 Å². The van der Waals surface area contributed by atoms with Crippen LogP contribution in [0.3, 0.4) is 0 Å². The summed E-state index contributed by atoms with van der Waals surface area (Å²) in [5, 5.41) is 0.813. The van der Waals surface area contributed by atoms with Crippen LogP contribution in [-0.2, 0) is 4.74 Å². The van der Waals surface area contributed by atoms with Gasteiger partial charge in [0.2, 0.25) is 0 Å². The van der Waals surface area contributed by atoms with Crippen LogP contribution in [0.5, 0.6) is 0 Å². The molecule has 0 radical (unpaired) electrons. The van der Waals surface area contributed by atoms with Gasteiger partial charge in [0.1, 0.15) is 0 Å². The van der Waals surface area contributed by atoms with Crippen LogP contribution in [0.4, 0.5) is 0 Å². The van der Waals surface area contributed by atoms with Crippen molar-refractivity contribution in [3.05, 3.63) is 53.5 Å². The monoisotopic (exact) mass is 366 g/mol. The van der Waals surface area contributed by atoms with Gasteiger partial charge in [-0.05, 0) is 49.1 Å². The summed E-state index contributed by atoms with van der Waals surface area (Å²) in [5.41, 5.74) is 3.72. The number of Topliss-reactive ketones (excluding diaryl/α,β-unsaturated/α-hetero) is 1. The van der Waals surface area contributed by atoms with Crippen LogP contribution in [0.2, 0.25) is 0 Å². The molecule has 0 spiro atoms. The molecule has 0 saturated carbocycles. The Morgan fingerprint density at radius 2 is 2.31 bits per heavy atom. The molecule has 26 heavy (non-hydrogen) atoms. The highest BCUT2D eigenvalue weighted by Crippen LogP contribution is 2.22. The van der Waals surface area contributed by atoms with Crippen molar-refractivity contribution >= 4 is 45.7 Å². The van der Waals surface area contributed by atoms with Crippen LogP contribution >= 0.6 is 11.5 Å². The molecule has 134 valence electrons. The van der Waals surface area contributed by atoms with Crippen molar-refractivity contribution in [3.8, 4) is 0 Å². The van der Waals surface area contributed by atoms with E-state index in [9.17, 15) is 4.79 Å². The van der Waals surface area contributed by atoms with Gasteiger partial charge < -0.3 is 9.72 Å². The molecule has 0 amide bonds. The Hall–Kier alpha value is -2.37. The number of rotatable bonds is 5. The van der Waals surface area contributed by atoms with Crippen LogP contribution in [0.25, 0.3) is 28.4 Å². The van der Waals surface area contributed by atoms with Crippen LogP contribution in [0.1, 0.15) is 41.6 Å². The maximum absolute atomic E-state index is 12.6. The van der Waals surface area contributed by atoms with Crippen molar-refractivity contribution in [2.24, 2.45) is 0 Å². The van der Waals surface area contributed by atoms with Gasteiger partial charge >= 0.3 is 0 Å². The molecule has 4 rings (SSSR count). The van der Waals surface area contributed by atoms with Crippen molar-refractivity contribution in [2.75, 3.05) is 6.61 Å². The predicted molar refractivity (Wildman–Crippen MR) is 108 cm³/mol. The molecule has 1 atom stereocenters. The highest BCUT2D eigenvalue weighted by atomic mass is 32.1. The summed E-state index contributed by atoms with van der Waals surface area (Å²) < 4.78 is 8.76. The number of hydrogen-bond acceptors (Lipinski definition) is 3. The Morgan fingerprint density at radius 3 is 3.08 bits per heavy atom. The van der Waals surface area contributed by atoms with Crippen LogP contribution in [0.15, 0.2) is 37.0 Å². The van der Waals surface area contributed by atoms with E-state index >= 15 is 0 Å². The lowest BCUT2D eigenvalue weighted by Gasteiger charge is -2.08. The number of benzene rings is 1. The van der Waals surface area contributed by atoms with E-state index < -0.39 is 0 Å². The number of nitrogens with one attached hydrogen (secondary N) is 1. The Morgan fingerprint density at radius 1 is 1.42 bits per heavy atom. The number of ether oxygens (including phenoxy) is 1. The van der Waals surface area contributed by atoms with Gasteiger partial charge in [-0.2, -0.15) is 0 Å². The molecule has 0 aliphatic carbocycles. The minimum absolute atomic E-state index is 0.165. The first-order valence-corrected chi connectivity index (χ1v) is 9.69. The van der Waals surface area contributed by atoms with Gasteiger partial charge in [-0.15, -0.1) is 0 Å². The van der Waals surface area contributed by atoms with Crippen molar-refractivity contribution < 1.29 is 9.53 Å². The molecule has 3 aromatic rings. The van der Waals surface area contributed by atoms with E-state index in [2.05, 4.69) is 28.0 Å². The number of carbonyl (C=O) groups is 1. The summed E-state index contributed by atoms with van der Waals surface area (Å²) in [4.78, 5) is 15.9. The number of aromatic amines is 1. The molecule has 1 N–H and O–H groups in total.